The first-order valence-electron chi connectivity index (χ1n) is 5.23. The van der Waals surface area contributed by atoms with E-state index in [0.29, 0.717) is 11.8 Å². The second-order valence-corrected chi connectivity index (χ2v) is 6.67. The minimum absolute atomic E-state index is 0.0467. The van der Waals surface area contributed by atoms with Crippen LogP contribution in [0.4, 0.5) is 18.9 Å². The highest BCUT2D eigenvalue weighted by Gasteiger charge is 2.46. The molecule has 3 N–H and O–H groups in total. The van der Waals surface area contributed by atoms with Crippen molar-refractivity contribution in [1.82, 2.24) is 0 Å². The van der Waals surface area contributed by atoms with Crippen molar-refractivity contribution in [1.29, 1.82) is 0 Å². The van der Waals surface area contributed by atoms with Gasteiger partial charge in [0, 0.05) is 5.69 Å². The molecule has 0 heterocycles. The first kappa shape index (κ1) is 17.6. The summed E-state index contributed by atoms with van der Waals surface area (Å²) in [6, 6.07) is 3.99. The van der Waals surface area contributed by atoms with Crippen LogP contribution in [0, 0.1) is 0 Å². The molecule has 1 atom stereocenters. The van der Waals surface area contributed by atoms with Gasteiger partial charge in [-0.3, -0.25) is 0 Å². The van der Waals surface area contributed by atoms with Gasteiger partial charge in [-0.25, -0.2) is 13.2 Å². The van der Waals surface area contributed by atoms with Crippen molar-refractivity contribution in [3.8, 4) is 0 Å². The van der Waals surface area contributed by atoms with Crippen molar-refractivity contribution >= 4 is 33.3 Å². The SMILES string of the molecule is O=C(O)C(O)SCNc1cccc(S(=O)(=O)C(F)(F)F)c1. The summed E-state index contributed by atoms with van der Waals surface area (Å²) in [5.41, 5.74) is -7.05. The Kier molecular flexibility index (Phi) is 5.48. The van der Waals surface area contributed by atoms with E-state index in [2.05, 4.69) is 5.32 Å². The molecule has 0 fully saturated rings. The van der Waals surface area contributed by atoms with Gasteiger partial charge in [-0.05, 0) is 18.2 Å². The van der Waals surface area contributed by atoms with Crippen molar-refractivity contribution in [3.63, 3.8) is 0 Å². The normalized spacial score (nSPS) is 13.7. The summed E-state index contributed by atoms with van der Waals surface area (Å²) in [6.07, 6.45) is 0. The molecule has 0 saturated heterocycles. The number of aliphatic hydroxyl groups is 1. The number of nitrogens with one attached hydrogen (secondary N) is 1. The van der Waals surface area contributed by atoms with Crippen LogP contribution in [0.5, 0.6) is 0 Å². The maximum absolute atomic E-state index is 12.4. The van der Waals surface area contributed by atoms with E-state index in [1.54, 1.807) is 0 Å². The Morgan fingerprint density at radius 1 is 1.38 bits per heavy atom. The quantitative estimate of drug-likeness (QED) is 0.671. The lowest BCUT2D eigenvalue weighted by Gasteiger charge is -2.11. The van der Waals surface area contributed by atoms with Gasteiger partial charge in [0.2, 0.25) is 0 Å². The topological polar surface area (TPSA) is 104 Å². The average molecular weight is 345 g/mol. The lowest BCUT2D eigenvalue weighted by Crippen LogP contribution is -2.23. The molecular formula is C10H10F3NO5S2. The molecule has 0 bridgehead atoms. The first-order valence-corrected chi connectivity index (χ1v) is 7.76. The molecule has 21 heavy (non-hydrogen) atoms. The number of halogens is 3. The molecule has 11 heteroatoms. The third-order valence-electron chi connectivity index (χ3n) is 2.18. The fourth-order valence-electron chi connectivity index (χ4n) is 1.18. The number of rotatable bonds is 6. The van der Waals surface area contributed by atoms with Crippen LogP contribution < -0.4 is 5.32 Å². The Morgan fingerprint density at radius 3 is 2.52 bits per heavy atom. The zero-order chi connectivity index (χ0) is 16.3. The van der Waals surface area contributed by atoms with Crippen molar-refractivity contribution < 1.29 is 36.6 Å². The molecule has 1 rings (SSSR count). The number of aliphatic hydroxyl groups excluding tert-OH is 1. The average Bonchev–Trinajstić information content (AvgIpc) is 2.37. The van der Waals surface area contributed by atoms with Gasteiger partial charge in [0.25, 0.3) is 9.84 Å². The van der Waals surface area contributed by atoms with Crippen LogP contribution in [-0.4, -0.2) is 41.4 Å². The largest absolute Gasteiger partial charge is 0.501 e. The van der Waals surface area contributed by atoms with Gasteiger partial charge in [0.15, 0.2) is 5.44 Å². The number of anilines is 1. The standard InChI is InChI=1S/C10H10F3NO5S2/c11-10(12,13)21(18,19)7-3-1-2-6(4-7)14-5-20-9(17)8(15)16/h1-4,9,14,17H,5H2,(H,15,16). The first-order chi connectivity index (χ1) is 9.55. The molecule has 6 nitrogen and oxygen atoms in total. The minimum Gasteiger partial charge on any atom is -0.479 e. The number of carbonyl (C=O) groups is 1. The fourth-order valence-corrected chi connectivity index (χ4v) is 2.54. The predicted octanol–water partition coefficient (Wildman–Crippen LogP) is 1.49. The Labute approximate surface area is 121 Å². The van der Waals surface area contributed by atoms with Gasteiger partial charge in [-0.1, -0.05) is 17.8 Å². The third-order valence-corrected chi connectivity index (χ3v) is 4.49. The summed E-state index contributed by atoms with van der Waals surface area (Å²) in [4.78, 5) is 9.41. The van der Waals surface area contributed by atoms with Crippen LogP contribution in [0.3, 0.4) is 0 Å². The smallest absolute Gasteiger partial charge is 0.479 e. The predicted molar refractivity (Wildman–Crippen MR) is 69.4 cm³/mol. The van der Waals surface area contributed by atoms with Crippen molar-refractivity contribution in [2.24, 2.45) is 0 Å². The van der Waals surface area contributed by atoms with E-state index in [4.69, 9.17) is 10.2 Å². The molecule has 0 aromatic heterocycles. The van der Waals surface area contributed by atoms with Crippen molar-refractivity contribution in [3.05, 3.63) is 24.3 Å². The molecule has 118 valence electrons. The van der Waals surface area contributed by atoms with Crippen molar-refractivity contribution in [2.45, 2.75) is 15.8 Å². The van der Waals surface area contributed by atoms with Crippen molar-refractivity contribution in [2.75, 3.05) is 11.2 Å². The molecule has 0 aliphatic rings. The van der Waals surface area contributed by atoms with Gasteiger partial charge in [-0.2, -0.15) is 13.2 Å². The zero-order valence-corrected chi connectivity index (χ0v) is 11.8. The lowest BCUT2D eigenvalue weighted by atomic mass is 10.3. The van der Waals surface area contributed by atoms with E-state index in [-0.39, 0.29) is 11.6 Å². The summed E-state index contributed by atoms with van der Waals surface area (Å²) < 4.78 is 59.6. The van der Waals surface area contributed by atoms with E-state index >= 15 is 0 Å². The zero-order valence-electron chi connectivity index (χ0n) is 10.2. The number of alkyl halides is 3. The highest BCUT2D eigenvalue weighted by Crippen LogP contribution is 2.31. The summed E-state index contributed by atoms with van der Waals surface area (Å²) in [6.45, 7) is 0. The highest BCUT2D eigenvalue weighted by atomic mass is 32.2. The van der Waals surface area contributed by atoms with E-state index in [0.717, 1.165) is 18.2 Å². The van der Waals surface area contributed by atoms with Crippen LogP contribution in [0.25, 0.3) is 0 Å². The monoisotopic (exact) mass is 345 g/mol. The number of sulfone groups is 1. The third kappa shape index (κ3) is 4.51. The van der Waals surface area contributed by atoms with Crippen LogP contribution in [-0.2, 0) is 14.6 Å². The molecule has 0 radical (unpaired) electrons. The summed E-state index contributed by atoms with van der Waals surface area (Å²) in [7, 11) is -5.44. The van der Waals surface area contributed by atoms with Gasteiger partial charge in [0.1, 0.15) is 0 Å². The molecule has 0 saturated carbocycles. The minimum atomic E-state index is -5.44. The van der Waals surface area contributed by atoms with E-state index in [1.165, 1.54) is 6.07 Å². The van der Waals surface area contributed by atoms with Crippen LogP contribution in [0.2, 0.25) is 0 Å². The molecule has 0 spiro atoms. The van der Waals surface area contributed by atoms with E-state index < -0.39 is 31.6 Å². The Morgan fingerprint density at radius 2 is 2.00 bits per heavy atom. The Hall–Kier alpha value is -1.46. The molecule has 0 aliphatic heterocycles. The molecule has 1 unspecified atom stereocenters. The number of benzene rings is 1. The molecule has 1 aromatic rings. The van der Waals surface area contributed by atoms with Gasteiger partial charge in [-0.15, -0.1) is 0 Å². The van der Waals surface area contributed by atoms with Crippen LogP contribution >= 0.6 is 11.8 Å². The number of aliphatic carboxylic acids is 1. The summed E-state index contributed by atoms with van der Waals surface area (Å²) >= 11 is 0.571. The molecule has 0 amide bonds. The van der Waals surface area contributed by atoms with E-state index in [1.807, 2.05) is 0 Å². The highest BCUT2D eigenvalue weighted by molar-refractivity contribution is 8.00. The van der Waals surface area contributed by atoms with Crippen LogP contribution in [0.1, 0.15) is 0 Å². The number of hydrogen-bond donors (Lipinski definition) is 3. The second kappa shape index (κ2) is 6.54. The van der Waals surface area contributed by atoms with Gasteiger partial charge in [0.05, 0.1) is 10.8 Å². The molecular weight excluding hydrogens is 335 g/mol. The Balaban J connectivity index is 2.81. The number of carboxylic acid groups (broad SMARTS) is 1. The maximum atomic E-state index is 12.4. The van der Waals surface area contributed by atoms with Gasteiger partial charge < -0.3 is 15.5 Å². The fraction of sp³-hybridized carbons (Fsp3) is 0.300. The summed E-state index contributed by atoms with van der Waals surface area (Å²) in [5, 5.41) is 19.9. The molecule has 0 aliphatic carbocycles. The number of thioether (sulfide) groups is 1. The van der Waals surface area contributed by atoms with Gasteiger partial charge >= 0.3 is 11.5 Å². The van der Waals surface area contributed by atoms with Crippen LogP contribution in [0.15, 0.2) is 29.2 Å². The molecule has 1 aromatic carbocycles. The number of carboxylic acids is 1. The summed E-state index contributed by atoms with van der Waals surface area (Å²) in [5.74, 6) is -1.60. The lowest BCUT2D eigenvalue weighted by molar-refractivity contribution is -0.141. The maximum Gasteiger partial charge on any atom is 0.501 e. The number of hydrogen-bond acceptors (Lipinski definition) is 6. The van der Waals surface area contributed by atoms with E-state index in [9.17, 15) is 26.4 Å². The Bertz CT molecular complexity index is 617. The second-order valence-electron chi connectivity index (χ2n) is 3.66.